The van der Waals surface area contributed by atoms with E-state index >= 15 is 0 Å². The average molecular weight is 400 g/mol. The van der Waals surface area contributed by atoms with Crippen LogP contribution in [-0.4, -0.2) is 32.6 Å². The zero-order valence-electron chi connectivity index (χ0n) is 13.9. The van der Waals surface area contributed by atoms with E-state index in [9.17, 15) is 9.59 Å². The van der Waals surface area contributed by atoms with Crippen LogP contribution in [0.15, 0.2) is 66.0 Å². The first-order valence-electron chi connectivity index (χ1n) is 7.85. The Kier molecular flexibility index (Phi) is 6.35. The smallest absolute Gasteiger partial charge is 0.292 e. The lowest BCUT2D eigenvalue weighted by Gasteiger charge is -2.07. The number of nitrogens with zero attached hydrogens (tertiary/aromatic N) is 3. The Labute approximate surface area is 164 Å². The highest BCUT2D eigenvalue weighted by molar-refractivity contribution is 7.99. The van der Waals surface area contributed by atoms with Crippen LogP contribution in [0.4, 0.5) is 10.6 Å². The zero-order chi connectivity index (χ0) is 19.1. The number of rotatable bonds is 5. The van der Waals surface area contributed by atoms with Crippen LogP contribution in [0.5, 0.6) is 0 Å². The summed E-state index contributed by atoms with van der Waals surface area (Å²) in [5, 5.41) is 5.31. The first-order chi connectivity index (χ1) is 13.1. The van der Waals surface area contributed by atoms with Gasteiger partial charge < -0.3 is 0 Å². The van der Waals surface area contributed by atoms with Gasteiger partial charge in [-0.1, -0.05) is 59.8 Å². The standard InChI is InChI=1S/C18H14ClN5O2S/c19-14-10-13(12-6-2-1-3-7-12)21-18(22-14)27-11-16(25)24-17(26)23-15-8-4-5-9-20-15/h1-10H,11H2,(H2,20,23,24,25,26). The fourth-order valence-corrected chi connectivity index (χ4v) is 2.99. The van der Waals surface area contributed by atoms with Gasteiger partial charge in [0.1, 0.15) is 11.0 Å². The van der Waals surface area contributed by atoms with Crippen molar-refractivity contribution in [3.8, 4) is 11.3 Å². The summed E-state index contributed by atoms with van der Waals surface area (Å²) in [5.74, 6) is -0.177. The van der Waals surface area contributed by atoms with Crippen LogP contribution in [-0.2, 0) is 4.79 Å². The highest BCUT2D eigenvalue weighted by Crippen LogP contribution is 2.23. The number of imide groups is 1. The summed E-state index contributed by atoms with van der Waals surface area (Å²) < 4.78 is 0. The van der Waals surface area contributed by atoms with Crippen LogP contribution < -0.4 is 10.6 Å². The van der Waals surface area contributed by atoms with Gasteiger partial charge in [0, 0.05) is 17.8 Å². The molecule has 27 heavy (non-hydrogen) atoms. The van der Waals surface area contributed by atoms with Gasteiger partial charge in [0.15, 0.2) is 5.16 Å². The largest absolute Gasteiger partial charge is 0.327 e. The molecule has 0 unspecified atom stereocenters. The third-order valence-corrected chi connectivity index (χ3v) is 4.28. The van der Waals surface area contributed by atoms with Crippen molar-refractivity contribution in [2.45, 2.75) is 5.16 Å². The molecule has 0 radical (unpaired) electrons. The summed E-state index contributed by atoms with van der Waals surface area (Å²) >= 11 is 7.14. The molecular formula is C18H14ClN5O2S. The monoisotopic (exact) mass is 399 g/mol. The Hall–Kier alpha value is -2.97. The molecule has 3 amide bonds. The molecule has 0 aliphatic heterocycles. The van der Waals surface area contributed by atoms with Crippen molar-refractivity contribution in [2.24, 2.45) is 0 Å². The second kappa shape index (κ2) is 9.11. The van der Waals surface area contributed by atoms with Gasteiger partial charge in [0.05, 0.1) is 11.4 Å². The van der Waals surface area contributed by atoms with E-state index in [2.05, 4.69) is 25.6 Å². The lowest BCUT2D eigenvalue weighted by Crippen LogP contribution is -2.35. The normalized spacial score (nSPS) is 10.3. The SMILES string of the molecule is O=C(CSc1nc(Cl)cc(-c2ccccc2)n1)NC(=O)Nc1ccccn1. The number of nitrogens with one attached hydrogen (secondary N) is 2. The molecule has 0 aliphatic carbocycles. The van der Waals surface area contributed by atoms with E-state index < -0.39 is 11.9 Å². The fraction of sp³-hybridized carbons (Fsp3) is 0.0556. The number of thioether (sulfide) groups is 1. The van der Waals surface area contributed by atoms with Crippen molar-refractivity contribution in [2.75, 3.05) is 11.1 Å². The molecule has 9 heteroatoms. The number of anilines is 1. The Balaban J connectivity index is 1.57. The predicted octanol–water partition coefficient (Wildman–Crippen LogP) is 3.63. The minimum absolute atomic E-state index is 0.0375. The minimum Gasteiger partial charge on any atom is -0.292 e. The summed E-state index contributed by atoms with van der Waals surface area (Å²) in [7, 11) is 0. The first-order valence-corrected chi connectivity index (χ1v) is 9.21. The summed E-state index contributed by atoms with van der Waals surface area (Å²) in [6, 6.07) is 15.6. The average Bonchev–Trinajstić information content (AvgIpc) is 2.67. The fourth-order valence-electron chi connectivity index (χ4n) is 2.10. The van der Waals surface area contributed by atoms with Gasteiger partial charge in [-0.3, -0.25) is 15.4 Å². The Morgan fingerprint density at radius 1 is 1.04 bits per heavy atom. The Morgan fingerprint density at radius 3 is 2.56 bits per heavy atom. The van der Waals surface area contributed by atoms with Crippen LogP contribution in [0.1, 0.15) is 0 Å². The predicted molar refractivity (Wildman–Crippen MR) is 105 cm³/mol. The number of urea groups is 1. The molecule has 2 aromatic heterocycles. The molecule has 3 aromatic rings. The topological polar surface area (TPSA) is 96.9 Å². The lowest BCUT2D eigenvalue weighted by molar-refractivity contribution is -0.117. The molecule has 0 bridgehead atoms. The van der Waals surface area contributed by atoms with Crippen molar-refractivity contribution in [1.82, 2.24) is 20.3 Å². The summed E-state index contributed by atoms with van der Waals surface area (Å²) in [6.07, 6.45) is 1.54. The molecule has 0 saturated heterocycles. The van der Waals surface area contributed by atoms with Gasteiger partial charge >= 0.3 is 6.03 Å². The second-order valence-electron chi connectivity index (χ2n) is 5.23. The van der Waals surface area contributed by atoms with Gasteiger partial charge in [-0.25, -0.2) is 19.7 Å². The second-order valence-corrected chi connectivity index (χ2v) is 6.56. The molecule has 0 aliphatic rings. The maximum Gasteiger partial charge on any atom is 0.327 e. The van der Waals surface area contributed by atoms with E-state index in [1.807, 2.05) is 30.3 Å². The molecule has 0 fully saturated rings. The van der Waals surface area contributed by atoms with E-state index in [1.54, 1.807) is 24.3 Å². The van der Waals surface area contributed by atoms with Crippen LogP contribution in [0.3, 0.4) is 0 Å². The maximum atomic E-state index is 12.0. The molecule has 2 N–H and O–H groups in total. The van der Waals surface area contributed by atoms with Crippen LogP contribution >= 0.6 is 23.4 Å². The number of pyridine rings is 1. The molecule has 1 aromatic carbocycles. The van der Waals surface area contributed by atoms with Crippen molar-refractivity contribution in [3.63, 3.8) is 0 Å². The van der Waals surface area contributed by atoms with Crippen molar-refractivity contribution in [1.29, 1.82) is 0 Å². The van der Waals surface area contributed by atoms with Crippen LogP contribution in [0.2, 0.25) is 5.15 Å². The van der Waals surface area contributed by atoms with E-state index in [1.165, 1.54) is 6.20 Å². The van der Waals surface area contributed by atoms with Gasteiger partial charge in [-0.2, -0.15) is 0 Å². The molecule has 3 rings (SSSR count). The molecule has 7 nitrogen and oxygen atoms in total. The minimum atomic E-state index is -0.656. The van der Waals surface area contributed by atoms with Crippen LogP contribution in [0, 0.1) is 0 Å². The highest BCUT2D eigenvalue weighted by atomic mass is 35.5. The Morgan fingerprint density at radius 2 is 1.81 bits per heavy atom. The number of hydrogen-bond donors (Lipinski definition) is 2. The van der Waals surface area contributed by atoms with Crippen LogP contribution in [0.25, 0.3) is 11.3 Å². The number of carbonyl (C=O) groups is 2. The zero-order valence-corrected chi connectivity index (χ0v) is 15.5. The van der Waals surface area contributed by atoms with Crippen molar-refractivity contribution < 1.29 is 9.59 Å². The molecule has 0 saturated carbocycles. The number of amides is 3. The summed E-state index contributed by atoms with van der Waals surface area (Å²) in [6.45, 7) is 0. The quantitative estimate of drug-likeness (QED) is 0.386. The van der Waals surface area contributed by atoms with Gasteiger partial charge in [0.2, 0.25) is 5.91 Å². The highest BCUT2D eigenvalue weighted by Gasteiger charge is 2.11. The lowest BCUT2D eigenvalue weighted by atomic mass is 10.1. The maximum absolute atomic E-state index is 12.0. The van der Waals surface area contributed by atoms with Crippen molar-refractivity contribution >= 4 is 41.1 Å². The van der Waals surface area contributed by atoms with Crippen molar-refractivity contribution in [3.05, 3.63) is 65.9 Å². The van der Waals surface area contributed by atoms with E-state index in [-0.39, 0.29) is 10.9 Å². The molecular weight excluding hydrogens is 386 g/mol. The number of aromatic nitrogens is 3. The summed E-state index contributed by atoms with van der Waals surface area (Å²) in [5.41, 5.74) is 1.55. The number of hydrogen-bond acceptors (Lipinski definition) is 6. The number of halogens is 1. The molecule has 2 heterocycles. The van der Waals surface area contributed by atoms with Gasteiger partial charge in [-0.05, 0) is 12.1 Å². The molecule has 136 valence electrons. The first kappa shape index (κ1) is 18.8. The third-order valence-electron chi connectivity index (χ3n) is 3.24. The van der Waals surface area contributed by atoms with Gasteiger partial charge in [-0.15, -0.1) is 0 Å². The third kappa shape index (κ3) is 5.77. The number of carbonyl (C=O) groups excluding carboxylic acids is 2. The van der Waals surface area contributed by atoms with E-state index in [4.69, 9.17) is 11.6 Å². The Bertz CT molecular complexity index is 941. The van der Waals surface area contributed by atoms with E-state index in [0.717, 1.165) is 17.3 Å². The molecule has 0 atom stereocenters. The summed E-state index contributed by atoms with van der Waals surface area (Å²) in [4.78, 5) is 36.2. The van der Waals surface area contributed by atoms with Gasteiger partial charge in [0.25, 0.3) is 0 Å². The molecule has 0 spiro atoms. The van der Waals surface area contributed by atoms with E-state index in [0.29, 0.717) is 16.7 Å². The number of benzene rings is 1.